The van der Waals surface area contributed by atoms with Crippen LogP contribution in [0, 0.1) is 0 Å². The minimum absolute atomic E-state index is 0.503. The van der Waals surface area contributed by atoms with Gasteiger partial charge in [0, 0.05) is 10.0 Å². The van der Waals surface area contributed by atoms with Gasteiger partial charge in [-0.15, -0.1) is 0 Å². The quantitative estimate of drug-likeness (QED) is 0.585. The number of halogens is 2. The maximum atomic E-state index is 6.15. The van der Waals surface area contributed by atoms with E-state index in [2.05, 4.69) is 13.8 Å². The molecule has 0 heterocycles. The van der Waals surface area contributed by atoms with Crippen molar-refractivity contribution < 1.29 is 0 Å². The molecule has 0 fully saturated rings. The van der Waals surface area contributed by atoms with Gasteiger partial charge in [-0.05, 0) is 36.1 Å². The zero-order chi connectivity index (χ0) is 11.3. The highest BCUT2D eigenvalue weighted by Gasteiger charge is 2.09. The van der Waals surface area contributed by atoms with Crippen molar-refractivity contribution >= 4 is 23.2 Å². The Morgan fingerprint density at radius 1 is 1.20 bits per heavy atom. The van der Waals surface area contributed by atoms with Crippen LogP contribution in [0.25, 0.3) is 0 Å². The van der Waals surface area contributed by atoms with Gasteiger partial charge in [-0.3, -0.25) is 0 Å². The number of rotatable bonds is 5. The summed E-state index contributed by atoms with van der Waals surface area (Å²) in [6.45, 7) is 4.43. The molecule has 84 valence electrons. The standard InChI is InChI=1S/C13H18Cl2/c1-3-4-5-6-10(2)12-9-11(14)7-8-13(12)15/h7-10H,3-6H2,1-2H3. The molecular weight excluding hydrogens is 227 g/mol. The topological polar surface area (TPSA) is 0 Å². The molecule has 2 heteroatoms. The van der Waals surface area contributed by atoms with E-state index in [0.717, 1.165) is 10.0 Å². The summed E-state index contributed by atoms with van der Waals surface area (Å²) in [6, 6.07) is 5.71. The first-order valence-corrected chi connectivity index (χ1v) is 6.35. The van der Waals surface area contributed by atoms with Crippen molar-refractivity contribution in [3.05, 3.63) is 33.8 Å². The molecule has 0 spiro atoms. The average molecular weight is 245 g/mol. The van der Waals surface area contributed by atoms with Gasteiger partial charge in [0.25, 0.3) is 0 Å². The van der Waals surface area contributed by atoms with Crippen molar-refractivity contribution in [3.8, 4) is 0 Å². The fraction of sp³-hybridized carbons (Fsp3) is 0.538. The summed E-state index contributed by atoms with van der Waals surface area (Å²) in [5.74, 6) is 0.503. The van der Waals surface area contributed by atoms with E-state index in [1.165, 1.54) is 31.2 Å². The average Bonchev–Trinajstić information content (AvgIpc) is 2.22. The summed E-state index contributed by atoms with van der Waals surface area (Å²) in [4.78, 5) is 0. The molecule has 0 amide bonds. The van der Waals surface area contributed by atoms with Gasteiger partial charge in [0.1, 0.15) is 0 Å². The molecule has 1 unspecified atom stereocenters. The summed E-state index contributed by atoms with van der Waals surface area (Å²) in [7, 11) is 0. The zero-order valence-electron chi connectivity index (χ0n) is 9.39. The van der Waals surface area contributed by atoms with Crippen molar-refractivity contribution in [2.75, 3.05) is 0 Å². The monoisotopic (exact) mass is 244 g/mol. The van der Waals surface area contributed by atoms with Gasteiger partial charge in [0.05, 0.1) is 0 Å². The molecule has 15 heavy (non-hydrogen) atoms. The number of unbranched alkanes of at least 4 members (excludes halogenated alkanes) is 2. The normalized spacial score (nSPS) is 12.8. The number of hydrogen-bond acceptors (Lipinski definition) is 0. The second-order valence-electron chi connectivity index (χ2n) is 4.06. The molecule has 0 radical (unpaired) electrons. The van der Waals surface area contributed by atoms with Gasteiger partial charge in [0.2, 0.25) is 0 Å². The van der Waals surface area contributed by atoms with Crippen LogP contribution in [0.1, 0.15) is 51.0 Å². The molecule has 0 aliphatic rings. The van der Waals surface area contributed by atoms with Crippen LogP contribution in [0.2, 0.25) is 10.0 Å². The third-order valence-electron chi connectivity index (χ3n) is 2.73. The molecule has 0 saturated heterocycles. The van der Waals surface area contributed by atoms with Gasteiger partial charge < -0.3 is 0 Å². The van der Waals surface area contributed by atoms with E-state index in [-0.39, 0.29) is 0 Å². The minimum atomic E-state index is 0.503. The molecule has 0 aliphatic heterocycles. The Bertz CT molecular complexity index is 307. The Morgan fingerprint density at radius 3 is 2.60 bits per heavy atom. The maximum absolute atomic E-state index is 6.15. The van der Waals surface area contributed by atoms with Gasteiger partial charge >= 0.3 is 0 Å². The van der Waals surface area contributed by atoms with E-state index in [1.807, 2.05) is 18.2 Å². The summed E-state index contributed by atoms with van der Waals surface area (Å²) >= 11 is 12.1. The van der Waals surface area contributed by atoms with Crippen LogP contribution in [-0.2, 0) is 0 Å². The van der Waals surface area contributed by atoms with Crippen LogP contribution in [0.3, 0.4) is 0 Å². The summed E-state index contributed by atoms with van der Waals surface area (Å²) in [6.07, 6.45) is 5.01. The lowest BCUT2D eigenvalue weighted by Gasteiger charge is -2.13. The molecule has 0 aliphatic carbocycles. The van der Waals surface area contributed by atoms with Crippen molar-refractivity contribution in [1.82, 2.24) is 0 Å². The summed E-state index contributed by atoms with van der Waals surface area (Å²) in [5.41, 5.74) is 1.18. The lowest BCUT2D eigenvalue weighted by atomic mass is 9.95. The van der Waals surface area contributed by atoms with E-state index >= 15 is 0 Å². The highest BCUT2D eigenvalue weighted by Crippen LogP contribution is 2.30. The van der Waals surface area contributed by atoms with Crippen LogP contribution in [-0.4, -0.2) is 0 Å². The first kappa shape index (κ1) is 12.9. The Balaban J connectivity index is 2.64. The van der Waals surface area contributed by atoms with Crippen LogP contribution < -0.4 is 0 Å². The predicted molar refractivity (Wildman–Crippen MR) is 69.0 cm³/mol. The molecule has 1 aromatic carbocycles. The molecular formula is C13H18Cl2. The molecule has 0 N–H and O–H groups in total. The van der Waals surface area contributed by atoms with Gasteiger partial charge in [0.15, 0.2) is 0 Å². The first-order valence-electron chi connectivity index (χ1n) is 5.60. The van der Waals surface area contributed by atoms with E-state index in [1.54, 1.807) is 0 Å². The molecule has 0 saturated carbocycles. The Labute approximate surface area is 103 Å². The van der Waals surface area contributed by atoms with Gasteiger partial charge in [-0.2, -0.15) is 0 Å². The third kappa shape index (κ3) is 4.04. The van der Waals surface area contributed by atoms with Crippen molar-refractivity contribution in [3.63, 3.8) is 0 Å². The molecule has 0 nitrogen and oxygen atoms in total. The van der Waals surface area contributed by atoms with Crippen LogP contribution in [0.15, 0.2) is 18.2 Å². The summed E-state index contributed by atoms with van der Waals surface area (Å²) in [5, 5.41) is 1.61. The molecule has 0 aromatic heterocycles. The van der Waals surface area contributed by atoms with Crippen molar-refractivity contribution in [2.45, 2.75) is 45.4 Å². The third-order valence-corrected chi connectivity index (χ3v) is 3.31. The fourth-order valence-electron chi connectivity index (χ4n) is 1.75. The SMILES string of the molecule is CCCCCC(C)c1cc(Cl)ccc1Cl. The highest BCUT2D eigenvalue weighted by molar-refractivity contribution is 6.33. The lowest BCUT2D eigenvalue weighted by molar-refractivity contribution is 0.598. The molecule has 1 rings (SSSR count). The number of hydrogen-bond donors (Lipinski definition) is 0. The van der Waals surface area contributed by atoms with E-state index in [9.17, 15) is 0 Å². The Hall–Kier alpha value is -0.200. The first-order chi connectivity index (χ1) is 7.15. The minimum Gasteiger partial charge on any atom is -0.0843 e. The van der Waals surface area contributed by atoms with E-state index in [0.29, 0.717) is 5.92 Å². The number of benzene rings is 1. The zero-order valence-corrected chi connectivity index (χ0v) is 10.9. The second kappa shape index (κ2) is 6.40. The predicted octanol–water partition coefficient (Wildman–Crippen LogP) is 5.68. The summed E-state index contributed by atoms with van der Waals surface area (Å²) < 4.78 is 0. The fourth-order valence-corrected chi connectivity index (χ4v) is 2.23. The molecule has 1 atom stereocenters. The van der Waals surface area contributed by atoms with Gasteiger partial charge in [-0.1, -0.05) is 56.3 Å². The van der Waals surface area contributed by atoms with Crippen molar-refractivity contribution in [2.24, 2.45) is 0 Å². The largest absolute Gasteiger partial charge is 0.0843 e. The highest BCUT2D eigenvalue weighted by atomic mass is 35.5. The van der Waals surface area contributed by atoms with E-state index in [4.69, 9.17) is 23.2 Å². The Kier molecular flexibility index (Phi) is 5.49. The van der Waals surface area contributed by atoms with Crippen LogP contribution in [0.4, 0.5) is 0 Å². The lowest BCUT2D eigenvalue weighted by Crippen LogP contribution is -1.95. The van der Waals surface area contributed by atoms with Gasteiger partial charge in [-0.25, -0.2) is 0 Å². The van der Waals surface area contributed by atoms with E-state index < -0.39 is 0 Å². The Morgan fingerprint density at radius 2 is 1.93 bits per heavy atom. The second-order valence-corrected chi connectivity index (χ2v) is 4.91. The van der Waals surface area contributed by atoms with Crippen LogP contribution >= 0.6 is 23.2 Å². The molecule has 1 aromatic rings. The maximum Gasteiger partial charge on any atom is 0.0441 e. The van der Waals surface area contributed by atoms with Crippen LogP contribution in [0.5, 0.6) is 0 Å². The smallest absolute Gasteiger partial charge is 0.0441 e. The molecule has 0 bridgehead atoms. The van der Waals surface area contributed by atoms with Crippen molar-refractivity contribution in [1.29, 1.82) is 0 Å².